The lowest BCUT2D eigenvalue weighted by Gasteiger charge is -2.41. The van der Waals surface area contributed by atoms with E-state index < -0.39 is 15.4 Å². The average Bonchev–Trinajstić information content (AvgIpc) is 2.69. The third-order valence-corrected chi connectivity index (χ3v) is 5.51. The summed E-state index contributed by atoms with van der Waals surface area (Å²) in [4.78, 5) is 2.14. The zero-order chi connectivity index (χ0) is 13.2. The molecule has 0 aromatic heterocycles. The largest absolute Gasteiger partial charge is 0.364 e. The Kier molecular flexibility index (Phi) is 3.64. The average molecular weight is 268 g/mol. The van der Waals surface area contributed by atoms with Gasteiger partial charge in [-0.1, -0.05) is 18.2 Å². The summed E-state index contributed by atoms with van der Waals surface area (Å²) in [5.41, 5.74) is 6.51. The van der Waals surface area contributed by atoms with Crippen molar-refractivity contribution in [3.8, 4) is 0 Å². The van der Waals surface area contributed by atoms with E-state index >= 15 is 0 Å². The lowest BCUT2D eigenvalue weighted by atomic mass is 9.95. The molecule has 1 aliphatic rings. The number of likely N-dealkylation sites (N-methyl/N-ethyl adjacent to an activating group) is 1. The van der Waals surface area contributed by atoms with E-state index in [1.807, 2.05) is 37.3 Å². The molecule has 0 saturated carbocycles. The van der Waals surface area contributed by atoms with Crippen LogP contribution in [-0.4, -0.2) is 38.6 Å². The second-order valence-corrected chi connectivity index (χ2v) is 7.03. The van der Waals surface area contributed by atoms with Crippen molar-refractivity contribution in [2.45, 2.75) is 18.9 Å². The van der Waals surface area contributed by atoms with E-state index in [4.69, 9.17) is 5.73 Å². The first-order chi connectivity index (χ1) is 8.53. The lowest BCUT2D eigenvalue weighted by molar-refractivity contribution is 0.444. The molecule has 0 radical (unpaired) electrons. The quantitative estimate of drug-likeness (QED) is 0.886. The van der Waals surface area contributed by atoms with Gasteiger partial charge in [-0.3, -0.25) is 0 Å². The number of hydrogen-bond donors (Lipinski definition) is 1. The van der Waals surface area contributed by atoms with Gasteiger partial charge in [0.15, 0.2) is 9.84 Å². The van der Waals surface area contributed by atoms with Crippen LogP contribution in [0.25, 0.3) is 0 Å². The van der Waals surface area contributed by atoms with Crippen LogP contribution in [0.2, 0.25) is 0 Å². The molecule has 1 aromatic rings. The van der Waals surface area contributed by atoms with Crippen molar-refractivity contribution in [3.05, 3.63) is 30.3 Å². The molecular formula is C13H20N2O2S. The summed E-state index contributed by atoms with van der Waals surface area (Å²) < 4.78 is 23.5. The van der Waals surface area contributed by atoms with Gasteiger partial charge in [0.25, 0.3) is 0 Å². The highest BCUT2D eigenvalue weighted by atomic mass is 32.2. The standard InChI is InChI=1S/C13H20N2O2S/c1-2-15(12-6-4-3-5-7-12)13(10-14)8-9-18(16,17)11-13/h3-7H,2,8-11,14H2,1H3. The van der Waals surface area contributed by atoms with Gasteiger partial charge in [0.1, 0.15) is 0 Å². The fourth-order valence-electron chi connectivity index (χ4n) is 2.78. The van der Waals surface area contributed by atoms with Crippen LogP contribution in [0.15, 0.2) is 30.3 Å². The summed E-state index contributed by atoms with van der Waals surface area (Å²) in [5, 5.41) is 0. The van der Waals surface area contributed by atoms with Crippen LogP contribution >= 0.6 is 0 Å². The van der Waals surface area contributed by atoms with Gasteiger partial charge in [0, 0.05) is 18.8 Å². The fourth-order valence-corrected chi connectivity index (χ4v) is 4.86. The van der Waals surface area contributed by atoms with Crippen LogP contribution in [0.1, 0.15) is 13.3 Å². The molecule has 0 spiro atoms. The third kappa shape index (κ3) is 2.37. The van der Waals surface area contributed by atoms with Gasteiger partial charge in [-0.15, -0.1) is 0 Å². The summed E-state index contributed by atoms with van der Waals surface area (Å²) in [6.07, 6.45) is 0.620. The second-order valence-electron chi connectivity index (χ2n) is 4.85. The highest BCUT2D eigenvalue weighted by molar-refractivity contribution is 7.91. The van der Waals surface area contributed by atoms with Crippen LogP contribution in [0.5, 0.6) is 0 Å². The SMILES string of the molecule is CCN(c1ccccc1)C1(CN)CCS(=O)(=O)C1. The van der Waals surface area contributed by atoms with Crippen molar-refractivity contribution in [3.63, 3.8) is 0 Å². The summed E-state index contributed by atoms with van der Waals surface area (Å²) in [5.74, 6) is 0.409. The van der Waals surface area contributed by atoms with Gasteiger partial charge in [-0.05, 0) is 25.5 Å². The molecule has 18 heavy (non-hydrogen) atoms. The molecule has 5 heteroatoms. The van der Waals surface area contributed by atoms with E-state index in [1.165, 1.54) is 0 Å². The minimum atomic E-state index is -2.95. The molecule has 1 heterocycles. The Morgan fingerprint density at radius 1 is 1.33 bits per heavy atom. The molecule has 1 saturated heterocycles. The highest BCUT2D eigenvalue weighted by Gasteiger charge is 2.45. The van der Waals surface area contributed by atoms with Crippen molar-refractivity contribution in [2.75, 3.05) is 29.5 Å². The number of nitrogens with two attached hydrogens (primary N) is 1. The van der Waals surface area contributed by atoms with Crippen molar-refractivity contribution in [1.29, 1.82) is 0 Å². The maximum absolute atomic E-state index is 11.8. The van der Waals surface area contributed by atoms with Crippen molar-refractivity contribution >= 4 is 15.5 Å². The number of nitrogens with zero attached hydrogens (tertiary/aromatic N) is 1. The predicted molar refractivity (Wildman–Crippen MR) is 74.5 cm³/mol. The smallest absolute Gasteiger partial charge is 0.152 e. The molecule has 4 nitrogen and oxygen atoms in total. The summed E-state index contributed by atoms with van der Waals surface area (Å²) in [6.45, 7) is 3.17. The number of rotatable bonds is 4. The van der Waals surface area contributed by atoms with Crippen molar-refractivity contribution in [1.82, 2.24) is 0 Å². The molecular weight excluding hydrogens is 248 g/mol. The van der Waals surface area contributed by atoms with Gasteiger partial charge in [0.05, 0.1) is 17.0 Å². The zero-order valence-electron chi connectivity index (χ0n) is 10.7. The van der Waals surface area contributed by atoms with Gasteiger partial charge in [-0.2, -0.15) is 0 Å². The molecule has 1 aliphatic heterocycles. The van der Waals surface area contributed by atoms with Crippen LogP contribution < -0.4 is 10.6 Å². The predicted octanol–water partition coefficient (Wildman–Crippen LogP) is 1.03. The minimum absolute atomic E-state index is 0.166. The summed E-state index contributed by atoms with van der Waals surface area (Å²) in [6, 6.07) is 9.90. The third-order valence-electron chi connectivity index (χ3n) is 3.70. The number of benzene rings is 1. The Labute approximate surface area is 109 Å². The normalized spacial score (nSPS) is 26.1. The number of sulfone groups is 1. The zero-order valence-corrected chi connectivity index (χ0v) is 11.5. The molecule has 0 bridgehead atoms. The number of hydrogen-bond acceptors (Lipinski definition) is 4. The van der Waals surface area contributed by atoms with Gasteiger partial charge < -0.3 is 10.6 Å². The van der Waals surface area contributed by atoms with E-state index in [1.54, 1.807) is 0 Å². The van der Waals surface area contributed by atoms with E-state index in [9.17, 15) is 8.42 Å². The first-order valence-corrected chi connectivity index (χ1v) is 8.08. The Morgan fingerprint density at radius 2 is 2.00 bits per heavy atom. The molecule has 1 atom stereocenters. The van der Waals surface area contributed by atoms with Crippen molar-refractivity contribution in [2.24, 2.45) is 5.73 Å². The number of anilines is 1. The molecule has 100 valence electrons. The van der Waals surface area contributed by atoms with E-state index in [0.717, 1.165) is 12.2 Å². The van der Waals surface area contributed by atoms with Crippen LogP contribution in [0.3, 0.4) is 0 Å². The molecule has 2 rings (SSSR count). The Morgan fingerprint density at radius 3 is 2.44 bits per heavy atom. The van der Waals surface area contributed by atoms with Crippen molar-refractivity contribution < 1.29 is 8.42 Å². The Bertz CT molecular complexity index is 501. The Hall–Kier alpha value is -1.07. The summed E-state index contributed by atoms with van der Waals surface area (Å²) in [7, 11) is -2.95. The van der Waals surface area contributed by atoms with Gasteiger partial charge in [0.2, 0.25) is 0 Å². The lowest BCUT2D eigenvalue weighted by Crippen LogP contribution is -2.55. The van der Waals surface area contributed by atoms with Crippen LogP contribution in [0, 0.1) is 0 Å². The molecule has 1 unspecified atom stereocenters. The second kappa shape index (κ2) is 4.90. The molecule has 1 aromatic carbocycles. The first kappa shape index (κ1) is 13.4. The maximum Gasteiger partial charge on any atom is 0.152 e. The highest BCUT2D eigenvalue weighted by Crippen LogP contribution is 2.32. The van der Waals surface area contributed by atoms with E-state index in [-0.39, 0.29) is 11.5 Å². The monoisotopic (exact) mass is 268 g/mol. The maximum atomic E-state index is 11.8. The Balaban J connectivity index is 2.37. The molecule has 0 aliphatic carbocycles. The molecule has 0 amide bonds. The first-order valence-electron chi connectivity index (χ1n) is 6.26. The van der Waals surface area contributed by atoms with Crippen LogP contribution in [0.4, 0.5) is 5.69 Å². The number of para-hydroxylation sites is 1. The van der Waals surface area contributed by atoms with Gasteiger partial charge >= 0.3 is 0 Å². The fraction of sp³-hybridized carbons (Fsp3) is 0.538. The van der Waals surface area contributed by atoms with Gasteiger partial charge in [-0.25, -0.2) is 8.42 Å². The topological polar surface area (TPSA) is 63.4 Å². The van der Waals surface area contributed by atoms with E-state index in [0.29, 0.717) is 13.0 Å². The molecule has 1 fully saturated rings. The minimum Gasteiger partial charge on any atom is -0.364 e. The summed E-state index contributed by atoms with van der Waals surface area (Å²) >= 11 is 0. The van der Waals surface area contributed by atoms with Crippen LogP contribution in [-0.2, 0) is 9.84 Å². The van der Waals surface area contributed by atoms with E-state index in [2.05, 4.69) is 4.90 Å². The molecule has 2 N–H and O–H groups in total.